The summed E-state index contributed by atoms with van der Waals surface area (Å²) in [6, 6.07) is 8.58. The summed E-state index contributed by atoms with van der Waals surface area (Å²) >= 11 is 6.19. The summed E-state index contributed by atoms with van der Waals surface area (Å²) in [6.07, 6.45) is 0.691. The van der Waals surface area contributed by atoms with Gasteiger partial charge in [0.2, 0.25) is 0 Å². The zero-order valence-corrected chi connectivity index (χ0v) is 14.2. The fraction of sp³-hybridized carbons (Fsp3) is 0.250. The molecule has 1 atom stereocenters. The van der Waals surface area contributed by atoms with Gasteiger partial charge in [-0.3, -0.25) is 0 Å². The molecule has 0 fully saturated rings. The first-order valence-corrected chi connectivity index (χ1v) is 7.18. The lowest BCUT2D eigenvalue weighted by atomic mass is 9.87. The molecule has 118 valence electrons. The van der Waals surface area contributed by atoms with Gasteiger partial charge in [0.15, 0.2) is 11.5 Å². The molecular formula is C16H17BrClNO3. The van der Waals surface area contributed by atoms with Gasteiger partial charge in [0.05, 0.1) is 5.02 Å². The van der Waals surface area contributed by atoms with Gasteiger partial charge in [-0.1, -0.05) is 23.7 Å². The molecule has 3 rings (SSSR count). The average molecular weight is 387 g/mol. The van der Waals surface area contributed by atoms with Crippen molar-refractivity contribution < 1.29 is 15.3 Å². The highest BCUT2D eigenvalue weighted by Gasteiger charge is 2.25. The number of aromatic hydroxyl groups is 3. The first-order chi connectivity index (χ1) is 10.1. The van der Waals surface area contributed by atoms with Crippen LogP contribution in [0.25, 0.3) is 0 Å². The molecule has 0 aromatic heterocycles. The number of phenols is 3. The Morgan fingerprint density at radius 2 is 1.77 bits per heavy atom. The van der Waals surface area contributed by atoms with Crippen molar-refractivity contribution in [3.8, 4) is 17.2 Å². The van der Waals surface area contributed by atoms with Crippen LogP contribution in [0.15, 0.2) is 30.3 Å². The van der Waals surface area contributed by atoms with Crippen LogP contribution in [0.3, 0.4) is 0 Å². The lowest BCUT2D eigenvalue weighted by Crippen LogP contribution is -2.20. The first kappa shape index (κ1) is 16.9. The SMILES string of the molecule is Br.Oc1ccc([C@@H]2CNCCc3c2cc(O)c(O)c3Cl)cc1. The van der Waals surface area contributed by atoms with E-state index in [9.17, 15) is 15.3 Å². The highest BCUT2D eigenvalue weighted by molar-refractivity contribution is 8.93. The molecule has 0 spiro atoms. The Hall–Kier alpha value is -1.43. The molecule has 0 unspecified atom stereocenters. The van der Waals surface area contributed by atoms with E-state index in [2.05, 4.69) is 5.32 Å². The summed E-state index contributed by atoms with van der Waals surface area (Å²) in [4.78, 5) is 0. The van der Waals surface area contributed by atoms with Crippen molar-refractivity contribution in [2.24, 2.45) is 0 Å². The molecule has 0 saturated heterocycles. The smallest absolute Gasteiger partial charge is 0.176 e. The van der Waals surface area contributed by atoms with E-state index in [4.69, 9.17) is 11.6 Å². The summed E-state index contributed by atoms with van der Waals surface area (Å²) in [7, 11) is 0. The van der Waals surface area contributed by atoms with Crippen LogP contribution in [0.5, 0.6) is 17.2 Å². The summed E-state index contributed by atoms with van der Waals surface area (Å²) < 4.78 is 0. The van der Waals surface area contributed by atoms with Crippen LogP contribution in [0, 0.1) is 0 Å². The number of fused-ring (bicyclic) bond motifs is 1. The van der Waals surface area contributed by atoms with Crippen LogP contribution in [0.4, 0.5) is 0 Å². The van der Waals surface area contributed by atoms with Gasteiger partial charge < -0.3 is 20.6 Å². The van der Waals surface area contributed by atoms with E-state index in [0.717, 1.165) is 23.2 Å². The minimum Gasteiger partial charge on any atom is -0.508 e. The molecule has 1 heterocycles. The number of rotatable bonds is 1. The Balaban J connectivity index is 0.00000176. The van der Waals surface area contributed by atoms with Crippen molar-refractivity contribution in [1.29, 1.82) is 0 Å². The highest BCUT2D eigenvalue weighted by Crippen LogP contribution is 2.42. The fourth-order valence-electron chi connectivity index (χ4n) is 2.82. The van der Waals surface area contributed by atoms with Gasteiger partial charge in [-0.15, -0.1) is 17.0 Å². The van der Waals surface area contributed by atoms with Crippen LogP contribution in [0.1, 0.15) is 22.6 Å². The zero-order chi connectivity index (χ0) is 15.0. The van der Waals surface area contributed by atoms with E-state index in [-0.39, 0.29) is 45.2 Å². The molecule has 4 nitrogen and oxygen atoms in total. The van der Waals surface area contributed by atoms with Crippen LogP contribution < -0.4 is 5.32 Å². The quantitative estimate of drug-likeness (QED) is 0.567. The van der Waals surface area contributed by atoms with Crippen molar-refractivity contribution in [1.82, 2.24) is 5.32 Å². The molecule has 2 aromatic rings. The number of nitrogens with one attached hydrogen (secondary N) is 1. The van der Waals surface area contributed by atoms with Crippen LogP contribution in [-0.2, 0) is 6.42 Å². The van der Waals surface area contributed by atoms with E-state index in [0.29, 0.717) is 13.0 Å². The zero-order valence-electron chi connectivity index (χ0n) is 11.7. The van der Waals surface area contributed by atoms with Gasteiger partial charge in [-0.25, -0.2) is 0 Å². The van der Waals surface area contributed by atoms with Gasteiger partial charge >= 0.3 is 0 Å². The third-order valence-electron chi connectivity index (χ3n) is 3.93. The lowest BCUT2D eigenvalue weighted by Gasteiger charge is -2.20. The standard InChI is InChI=1S/C16H16ClNO3.BrH/c17-15-11-5-6-18-8-13(9-1-3-10(19)4-2-9)12(11)7-14(20)16(15)21;/h1-4,7,13,18-21H,5-6,8H2;1H/t13-;/m0./s1. The average Bonchev–Trinajstić information content (AvgIpc) is 2.68. The van der Waals surface area contributed by atoms with E-state index in [1.165, 1.54) is 0 Å². The molecule has 0 amide bonds. The van der Waals surface area contributed by atoms with Crippen molar-refractivity contribution in [3.05, 3.63) is 52.0 Å². The van der Waals surface area contributed by atoms with E-state index >= 15 is 0 Å². The second kappa shape index (κ2) is 6.77. The van der Waals surface area contributed by atoms with Gasteiger partial charge in [-0.05, 0) is 47.9 Å². The van der Waals surface area contributed by atoms with E-state index < -0.39 is 0 Å². The Morgan fingerprint density at radius 3 is 2.45 bits per heavy atom. The Kier molecular flexibility index (Phi) is 5.21. The van der Waals surface area contributed by atoms with Crippen molar-refractivity contribution in [3.63, 3.8) is 0 Å². The molecule has 4 N–H and O–H groups in total. The highest BCUT2D eigenvalue weighted by atomic mass is 79.9. The van der Waals surface area contributed by atoms with Crippen LogP contribution in [-0.4, -0.2) is 28.4 Å². The first-order valence-electron chi connectivity index (χ1n) is 6.80. The van der Waals surface area contributed by atoms with Crippen molar-refractivity contribution in [2.75, 3.05) is 13.1 Å². The van der Waals surface area contributed by atoms with Gasteiger partial charge in [0.25, 0.3) is 0 Å². The molecule has 2 aromatic carbocycles. The van der Waals surface area contributed by atoms with E-state index in [1.807, 2.05) is 12.1 Å². The predicted molar refractivity (Wildman–Crippen MR) is 91.6 cm³/mol. The molecule has 0 bridgehead atoms. The number of hydrogen-bond donors (Lipinski definition) is 4. The Bertz CT molecular complexity index is 676. The maximum Gasteiger partial charge on any atom is 0.176 e. The molecule has 6 heteroatoms. The summed E-state index contributed by atoms with van der Waals surface area (Å²) in [6.45, 7) is 1.46. The molecule has 0 saturated carbocycles. The van der Waals surface area contributed by atoms with E-state index in [1.54, 1.807) is 18.2 Å². The monoisotopic (exact) mass is 385 g/mol. The van der Waals surface area contributed by atoms with Crippen LogP contribution >= 0.6 is 28.6 Å². The Labute approximate surface area is 144 Å². The topological polar surface area (TPSA) is 72.7 Å². The molecular weight excluding hydrogens is 370 g/mol. The summed E-state index contributed by atoms with van der Waals surface area (Å²) in [5.41, 5.74) is 2.78. The molecule has 22 heavy (non-hydrogen) atoms. The van der Waals surface area contributed by atoms with Crippen molar-refractivity contribution in [2.45, 2.75) is 12.3 Å². The summed E-state index contributed by atoms with van der Waals surface area (Å²) in [5.74, 6) is -0.245. The van der Waals surface area contributed by atoms with Gasteiger partial charge in [0.1, 0.15) is 5.75 Å². The number of phenolic OH excluding ortho intramolecular Hbond substituents is 3. The number of benzene rings is 2. The Morgan fingerprint density at radius 1 is 1.09 bits per heavy atom. The van der Waals surface area contributed by atoms with Gasteiger partial charge in [-0.2, -0.15) is 0 Å². The predicted octanol–water partition coefficient (Wildman–Crippen LogP) is 3.31. The molecule has 0 radical (unpaired) electrons. The summed E-state index contributed by atoms with van der Waals surface area (Å²) in [5, 5.41) is 32.7. The minimum atomic E-state index is -0.262. The number of hydrogen-bond acceptors (Lipinski definition) is 4. The third-order valence-corrected chi connectivity index (χ3v) is 4.33. The largest absolute Gasteiger partial charge is 0.508 e. The molecule has 1 aliphatic heterocycles. The molecule has 0 aliphatic carbocycles. The second-order valence-corrected chi connectivity index (χ2v) is 5.60. The maximum absolute atomic E-state index is 9.86. The third kappa shape index (κ3) is 3.02. The van der Waals surface area contributed by atoms with Crippen molar-refractivity contribution >= 4 is 28.6 Å². The number of halogens is 2. The fourth-order valence-corrected chi connectivity index (χ4v) is 3.12. The normalized spacial score (nSPS) is 17.2. The van der Waals surface area contributed by atoms with Gasteiger partial charge in [0, 0.05) is 12.5 Å². The van der Waals surface area contributed by atoms with Crippen LogP contribution in [0.2, 0.25) is 5.02 Å². The molecule has 1 aliphatic rings. The lowest BCUT2D eigenvalue weighted by molar-refractivity contribution is 0.402. The minimum absolute atomic E-state index is 0. The maximum atomic E-state index is 9.86. The second-order valence-electron chi connectivity index (χ2n) is 5.22.